The smallest absolute Gasteiger partial charge is 0.112 e. The van der Waals surface area contributed by atoms with E-state index in [1.165, 1.54) is 0 Å². The Kier molecular flexibility index (Phi) is 14.6. The molecule has 1 heterocycles. The Hall–Kier alpha value is -1.86. The second kappa shape index (κ2) is 14.2. The van der Waals surface area contributed by atoms with Crippen LogP contribution in [0.1, 0.15) is 0 Å². The quantitative estimate of drug-likeness (QED) is 0.384. The van der Waals surface area contributed by atoms with Crippen molar-refractivity contribution in [2.24, 2.45) is 0 Å². The summed E-state index contributed by atoms with van der Waals surface area (Å²) in [5, 5.41) is 10.2. The van der Waals surface area contributed by atoms with Gasteiger partial charge in [-0.25, -0.2) is 0 Å². The molecule has 5 nitrogen and oxygen atoms in total. The van der Waals surface area contributed by atoms with Crippen molar-refractivity contribution in [1.82, 2.24) is 15.4 Å². The van der Waals surface area contributed by atoms with Gasteiger partial charge in [0, 0.05) is 21.1 Å². The first-order valence-electron chi connectivity index (χ1n) is 4.46. The molecule has 0 aliphatic carbocycles. The molecule has 0 saturated carbocycles. The van der Waals surface area contributed by atoms with Crippen molar-refractivity contribution in [3.8, 4) is 0 Å². The summed E-state index contributed by atoms with van der Waals surface area (Å²) >= 11 is 0. The molecule has 0 aliphatic rings. The van der Waals surface area contributed by atoms with Gasteiger partial charge in [0.25, 0.3) is 0 Å². The van der Waals surface area contributed by atoms with Crippen molar-refractivity contribution >= 4 is 11.0 Å². The van der Waals surface area contributed by atoms with Crippen molar-refractivity contribution in [3.63, 3.8) is 0 Å². The van der Waals surface area contributed by atoms with E-state index in [4.69, 9.17) is 9.30 Å². The largest absolute Gasteiger partial charge is 0.999 e. The number of H-pyrrole nitrogens is 1. The second-order valence-corrected chi connectivity index (χ2v) is 2.51. The predicted octanol–water partition coefficient (Wildman–Crippen LogP) is 1.49. The van der Waals surface area contributed by atoms with Crippen LogP contribution in [0.2, 0.25) is 0 Å². The van der Waals surface area contributed by atoms with Crippen LogP contribution in [-0.4, -0.2) is 15.4 Å². The molecule has 19 heavy (non-hydrogen) atoms. The molecule has 3 rings (SSSR count). The zero-order valence-electron chi connectivity index (χ0n) is 9.51. The molecular formula is C13H6MoN3O2-5. The van der Waals surface area contributed by atoms with Crippen LogP contribution in [0.3, 0.4) is 0 Å². The van der Waals surface area contributed by atoms with E-state index in [-0.39, 0.29) is 21.1 Å². The third-order valence-corrected chi connectivity index (χ3v) is 1.58. The fraction of sp³-hybridized carbons (Fsp3) is 0. The third kappa shape index (κ3) is 7.95. The summed E-state index contributed by atoms with van der Waals surface area (Å²) < 4.78 is 15.0. The summed E-state index contributed by atoms with van der Waals surface area (Å²) in [5.74, 6) is 0. The van der Waals surface area contributed by atoms with E-state index in [1.54, 1.807) is 6.07 Å². The van der Waals surface area contributed by atoms with Gasteiger partial charge in [0.05, 0.1) is 5.52 Å². The van der Waals surface area contributed by atoms with Crippen molar-refractivity contribution in [2.45, 2.75) is 0 Å². The van der Waals surface area contributed by atoms with Crippen LogP contribution in [0.15, 0.2) is 30.3 Å². The number of aromatic nitrogens is 3. The third-order valence-electron chi connectivity index (χ3n) is 1.58. The van der Waals surface area contributed by atoms with Gasteiger partial charge in [-0.2, -0.15) is 0 Å². The van der Waals surface area contributed by atoms with Gasteiger partial charge < -0.3 is 30.3 Å². The number of fused-ring (bicyclic) bond motifs is 1. The number of nitrogens with zero attached hydrogens (tertiary/aromatic N) is 2. The summed E-state index contributed by atoms with van der Waals surface area (Å²) in [5.41, 5.74) is 1.90. The molecule has 3 aromatic rings. The topological polar surface area (TPSA) is 81.4 Å². The van der Waals surface area contributed by atoms with Crippen LogP contribution in [0.4, 0.5) is 0 Å². The maximum atomic E-state index is 7.50. The van der Waals surface area contributed by atoms with E-state index < -0.39 is 0 Å². The zero-order valence-corrected chi connectivity index (χ0v) is 11.5. The molecule has 0 unspecified atom stereocenters. The molecule has 0 aliphatic heterocycles. The van der Waals surface area contributed by atoms with Crippen LogP contribution in [0.25, 0.3) is 11.0 Å². The minimum Gasteiger partial charge on any atom is -0.999 e. The monoisotopic (exact) mass is 334 g/mol. The minimum absolute atomic E-state index is 0. The average Bonchev–Trinajstić information content (AvgIpc) is 3.17. The predicted molar refractivity (Wildman–Crippen MR) is 59.1 cm³/mol. The number of benzene rings is 1. The first-order valence-corrected chi connectivity index (χ1v) is 4.46. The first kappa shape index (κ1) is 19.5. The fourth-order valence-corrected chi connectivity index (χ4v) is 0.969. The molecule has 0 saturated heterocycles. The van der Waals surface area contributed by atoms with E-state index >= 15 is 0 Å². The molecule has 0 radical (unpaired) electrons. The standard InChI is InChI=1S/C6H5N3.C5H.2CO.Mo/c1-2-4-6-5(3-1)7-9-8-6;1-2-4-5-3-1;2*1-2;/h1-4H,(H,7,8,9);1H;;;/q;-5;;;. The Balaban J connectivity index is 0. The van der Waals surface area contributed by atoms with E-state index in [9.17, 15) is 0 Å². The normalized spacial score (nSPS) is 7.16. The average molecular weight is 332 g/mol. The van der Waals surface area contributed by atoms with Gasteiger partial charge in [-0.05, 0) is 12.1 Å². The molecule has 0 amide bonds. The maximum Gasteiger partial charge on any atom is 0.112 e. The Bertz CT molecular complexity index is 505. The number of nitrogens with one attached hydrogen (secondary N) is 1. The fourth-order valence-electron chi connectivity index (χ4n) is 0.969. The molecule has 0 spiro atoms. The second-order valence-electron chi connectivity index (χ2n) is 2.51. The van der Waals surface area contributed by atoms with Crippen molar-refractivity contribution in [3.05, 3.63) is 67.9 Å². The summed E-state index contributed by atoms with van der Waals surface area (Å²) in [6.45, 7) is 9.00. The van der Waals surface area contributed by atoms with Crippen LogP contribution < -0.4 is 0 Å². The first-order chi connectivity index (χ1) is 8.97. The molecule has 0 atom stereocenters. The van der Waals surface area contributed by atoms with Crippen molar-refractivity contribution < 1.29 is 30.4 Å². The van der Waals surface area contributed by atoms with Gasteiger partial charge in [0.2, 0.25) is 0 Å². The Morgan fingerprint density at radius 1 is 1.05 bits per heavy atom. The number of hydrogen-bond acceptors (Lipinski definition) is 2. The molecule has 1 aromatic heterocycles. The van der Waals surface area contributed by atoms with E-state index in [2.05, 4.69) is 53.0 Å². The molecule has 1 N–H and O–H groups in total. The molecule has 0 bridgehead atoms. The van der Waals surface area contributed by atoms with E-state index in [1.807, 2.05) is 24.3 Å². The van der Waals surface area contributed by atoms with Crippen LogP contribution in [0, 0.1) is 37.6 Å². The summed E-state index contributed by atoms with van der Waals surface area (Å²) in [6.07, 6.45) is 0. The van der Waals surface area contributed by atoms with Gasteiger partial charge in [0.1, 0.15) is 5.52 Å². The zero-order chi connectivity index (χ0) is 13.6. The number of hydrogen-bond donors (Lipinski definition) is 1. The summed E-state index contributed by atoms with van der Waals surface area (Å²) in [7, 11) is 0. The SMILES string of the molecule is [C-]#[O+].[C-]#[O+].[Mo].[c-]1[c-][c-][cH-][c-]1.c1ccc2[nH]nnc2c1. The Morgan fingerprint density at radius 2 is 1.63 bits per heavy atom. The van der Waals surface area contributed by atoms with Gasteiger partial charge >= 0.3 is 22.6 Å². The maximum absolute atomic E-state index is 7.50. The van der Waals surface area contributed by atoms with Crippen LogP contribution in [0.5, 0.6) is 0 Å². The molecule has 96 valence electrons. The van der Waals surface area contributed by atoms with Crippen LogP contribution in [-0.2, 0) is 30.4 Å². The molecule has 6 heteroatoms. The van der Waals surface area contributed by atoms with Crippen molar-refractivity contribution in [1.29, 1.82) is 0 Å². The minimum atomic E-state index is 0. The molecule has 0 fully saturated rings. The van der Waals surface area contributed by atoms with Crippen molar-refractivity contribution in [2.75, 3.05) is 0 Å². The number of para-hydroxylation sites is 1. The number of rotatable bonds is 0. The van der Waals surface area contributed by atoms with E-state index in [0.29, 0.717) is 0 Å². The summed E-state index contributed by atoms with van der Waals surface area (Å²) in [4.78, 5) is 0. The Labute approximate surface area is 125 Å². The van der Waals surface area contributed by atoms with Gasteiger partial charge in [-0.1, -0.05) is 17.3 Å². The Morgan fingerprint density at radius 3 is 2.11 bits per heavy atom. The number of aromatic amines is 1. The van der Waals surface area contributed by atoms with Crippen LogP contribution >= 0.6 is 0 Å². The molecular weight excluding hydrogens is 326 g/mol. The van der Waals surface area contributed by atoms with Gasteiger partial charge in [0.15, 0.2) is 0 Å². The molecule has 2 aromatic carbocycles. The summed E-state index contributed by atoms with van der Waals surface area (Å²) in [6, 6.07) is 19.7. The van der Waals surface area contributed by atoms with Gasteiger partial charge in [-0.15, -0.1) is 5.10 Å². The van der Waals surface area contributed by atoms with Gasteiger partial charge in [-0.3, -0.25) is 5.10 Å². The van der Waals surface area contributed by atoms with E-state index in [0.717, 1.165) is 11.0 Å².